The molecule has 0 fully saturated rings. The summed E-state index contributed by atoms with van der Waals surface area (Å²) in [5, 5.41) is 18.0. The summed E-state index contributed by atoms with van der Waals surface area (Å²) in [6.45, 7) is 0.240. The van der Waals surface area contributed by atoms with E-state index in [0.29, 0.717) is 11.3 Å². The fraction of sp³-hybridized carbons (Fsp3) is 0.0769. The van der Waals surface area contributed by atoms with Crippen LogP contribution in [0.3, 0.4) is 0 Å². The van der Waals surface area contributed by atoms with Gasteiger partial charge in [0.2, 0.25) is 0 Å². The summed E-state index contributed by atoms with van der Waals surface area (Å²) >= 11 is 0. The minimum Gasteiger partial charge on any atom is -0.489 e. The van der Waals surface area contributed by atoms with Crippen LogP contribution in [0.15, 0.2) is 48.5 Å². The van der Waals surface area contributed by atoms with Crippen LogP contribution in [0.1, 0.15) is 5.56 Å². The highest BCUT2D eigenvalue weighted by Gasteiger charge is 2.16. The molecule has 0 heterocycles. The van der Waals surface area contributed by atoms with Crippen molar-refractivity contribution in [3.63, 3.8) is 0 Å². The number of benzene rings is 2. The van der Waals surface area contributed by atoms with Crippen LogP contribution in [-0.4, -0.2) is 17.2 Å². The highest BCUT2D eigenvalue weighted by molar-refractivity contribution is 6.58. The van der Waals surface area contributed by atoms with Crippen molar-refractivity contribution in [2.75, 3.05) is 0 Å². The van der Waals surface area contributed by atoms with Crippen molar-refractivity contribution in [3.8, 4) is 5.75 Å². The maximum Gasteiger partial charge on any atom is 0.491 e. The second kappa shape index (κ2) is 5.66. The van der Waals surface area contributed by atoms with Gasteiger partial charge in [-0.25, -0.2) is 4.39 Å². The normalized spacial score (nSPS) is 10.2. The van der Waals surface area contributed by atoms with Gasteiger partial charge in [-0.05, 0) is 23.8 Å². The molecule has 2 rings (SSSR count). The molecule has 5 heteroatoms. The maximum absolute atomic E-state index is 13.2. The Morgan fingerprint density at radius 3 is 2.44 bits per heavy atom. The molecule has 0 saturated carbocycles. The van der Waals surface area contributed by atoms with Crippen LogP contribution in [0.4, 0.5) is 4.39 Å². The zero-order chi connectivity index (χ0) is 13.0. The smallest absolute Gasteiger partial charge is 0.489 e. The first-order chi connectivity index (χ1) is 8.66. The lowest BCUT2D eigenvalue weighted by Crippen LogP contribution is -2.33. The van der Waals surface area contributed by atoms with Gasteiger partial charge in [0.05, 0.1) is 0 Å². The first-order valence-electron chi connectivity index (χ1n) is 5.49. The zero-order valence-corrected chi connectivity index (χ0v) is 9.58. The monoisotopic (exact) mass is 246 g/mol. The van der Waals surface area contributed by atoms with Gasteiger partial charge in [-0.3, -0.25) is 0 Å². The maximum atomic E-state index is 13.2. The van der Waals surface area contributed by atoms with Gasteiger partial charge in [0.1, 0.15) is 18.2 Å². The largest absolute Gasteiger partial charge is 0.491 e. The Bertz CT molecular complexity index is 517. The van der Waals surface area contributed by atoms with Crippen LogP contribution < -0.4 is 10.2 Å². The fourth-order valence-electron chi connectivity index (χ4n) is 1.56. The molecule has 0 spiro atoms. The molecule has 2 aromatic rings. The Balaban J connectivity index is 2.08. The van der Waals surface area contributed by atoms with Crippen molar-refractivity contribution < 1.29 is 19.2 Å². The van der Waals surface area contributed by atoms with E-state index in [-0.39, 0.29) is 12.1 Å². The van der Waals surface area contributed by atoms with Gasteiger partial charge in [0.25, 0.3) is 0 Å². The van der Waals surface area contributed by atoms with Crippen molar-refractivity contribution >= 4 is 12.6 Å². The second-order valence-corrected chi connectivity index (χ2v) is 3.83. The molecule has 18 heavy (non-hydrogen) atoms. The van der Waals surface area contributed by atoms with Crippen LogP contribution in [0, 0.1) is 5.82 Å². The summed E-state index contributed by atoms with van der Waals surface area (Å²) in [6.07, 6.45) is 0. The first kappa shape index (κ1) is 12.6. The topological polar surface area (TPSA) is 49.7 Å². The third kappa shape index (κ3) is 3.09. The molecule has 0 saturated heterocycles. The average molecular weight is 246 g/mol. The van der Waals surface area contributed by atoms with Gasteiger partial charge < -0.3 is 14.8 Å². The number of hydrogen-bond acceptors (Lipinski definition) is 3. The highest BCUT2D eigenvalue weighted by Crippen LogP contribution is 2.11. The van der Waals surface area contributed by atoms with E-state index in [4.69, 9.17) is 14.8 Å². The molecule has 0 amide bonds. The van der Waals surface area contributed by atoms with E-state index >= 15 is 0 Å². The van der Waals surface area contributed by atoms with Gasteiger partial charge in [-0.15, -0.1) is 0 Å². The van der Waals surface area contributed by atoms with Crippen molar-refractivity contribution in [3.05, 3.63) is 59.9 Å². The van der Waals surface area contributed by atoms with Gasteiger partial charge in [-0.2, -0.15) is 0 Å². The summed E-state index contributed by atoms with van der Waals surface area (Å²) < 4.78 is 18.7. The summed E-state index contributed by atoms with van der Waals surface area (Å²) in [5.41, 5.74) is 0.521. The molecule has 0 unspecified atom stereocenters. The second-order valence-electron chi connectivity index (χ2n) is 3.83. The third-order valence-corrected chi connectivity index (χ3v) is 2.49. The molecular formula is C13H12BFO3. The number of halogens is 1. The van der Waals surface area contributed by atoms with E-state index in [2.05, 4.69) is 0 Å². The molecule has 92 valence electrons. The van der Waals surface area contributed by atoms with Gasteiger partial charge in [0, 0.05) is 5.46 Å². The number of para-hydroxylation sites is 1. The van der Waals surface area contributed by atoms with Gasteiger partial charge >= 0.3 is 7.12 Å². The highest BCUT2D eigenvalue weighted by atomic mass is 19.1. The predicted molar refractivity (Wildman–Crippen MR) is 67.0 cm³/mol. The number of rotatable bonds is 4. The minimum atomic E-state index is -1.82. The zero-order valence-electron chi connectivity index (χ0n) is 9.58. The standard InChI is InChI=1S/C13H12BFO3/c15-13-7-6-10(8-12(13)14(16)17)9-18-11-4-2-1-3-5-11/h1-8,16-17H,9H2. The van der Waals surface area contributed by atoms with E-state index in [1.165, 1.54) is 12.1 Å². The molecule has 2 aromatic carbocycles. The Morgan fingerprint density at radius 1 is 1.06 bits per heavy atom. The lowest BCUT2D eigenvalue weighted by atomic mass is 9.79. The molecular weight excluding hydrogens is 234 g/mol. The van der Waals surface area contributed by atoms with Crippen LogP contribution in [-0.2, 0) is 6.61 Å². The third-order valence-electron chi connectivity index (χ3n) is 2.49. The molecule has 0 bridgehead atoms. The Hall–Kier alpha value is -1.85. The van der Waals surface area contributed by atoms with Gasteiger partial charge in [0.15, 0.2) is 0 Å². The Morgan fingerprint density at radius 2 is 1.78 bits per heavy atom. The molecule has 0 aliphatic carbocycles. The Kier molecular flexibility index (Phi) is 3.97. The van der Waals surface area contributed by atoms with E-state index < -0.39 is 12.9 Å². The molecule has 2 N–H and O–H groups in total. The number of ether oxygens (including phenoxy) is 1. The van der Waals surface area contributed by atoms with E-state index in [9.17, 15) is 4.39 Å². The van der Waals surface area contributed by atoms with Crippen LogP contribution >= 0.6 is 0 Å². The summed E-state index contributed by atoms with van der Waals surface area (Å²) in [7, 11) is -1.82. The van der Waals surface area contributed by atoms with Crippen LogP contribution in [0.2, 0.25) is 0 Å². The van der Waals surface area contributed by atoms with Crippen molar-refractivity contribution in [2.24, 2.45) is 0 Å². The molecule has 0 aromatic heterocycles. The van der Waals surface area contributed by atoms with Crippen LogP contribution in [0.25, 0.3) is 0 Å². The average Bonchev–Trinajstić information content (AvgIpc) is 2.38. The van der Waals surface area contributed by atoms with Crippen molar-refractivity contribution in [1.82, 2.24) is 0 Å². The molecule has 3 nitrogen and oxygen atoms in total. The summed E-state index contributed by atoms with van der Waals surface area (Å²) in [5.74, 6) is 0.0568. The fourth-order valence-corrected chi connectivity index (χ4v) is 1.56. The van der Waals surface area contributed by atoms with Gasteiger partial charge in [-0.1, -0.05) is 30.3 Å². The van der Waals surface area contributed by atoms with Crippen molar-refractivity contribution in [1.29, 1.82) is 0 Å². The Labute approximate surface area is 105 Å². The summed E-state index contributed by atoms with van der Waals surface area (Å²) in [4.78, 5) is 0. The summed E-state index contributed by atoms with van der Waals surface area (Å²) in [6, 6.07) is 13.3. The minimum absolute atomic E-state index is 0.149. The first-order valence-corrected chi connectivity index (χ1v) is 5.49. The molecule has 0 aliphatic rings. The van der Waals surface area contributed by atoms with E-state index in [1.807, 2.05) is 30.3 Å². The van der Waals surface area contributed by atoms with Crippen molar-refractivity contribution in [2.45, 2.75) is 6.61 Å². The molecule has 0 aliphatic heterocycles. The lowest BCUT2D eigenvalue weighted by Gasteiger charge is -2.08. The quantitative estimate of drug-likeness (QED) is 0.794. The molecule has 0 radical (unpaired) electrons. The molecule has 0 atom stereocenters. The number of hydrogen-bond donors (Lipinski definition) is 2. The van der Waals surface area contributed by atoms with E-state index in [0.717, 1.165) is 0 Å². The van der Waals surface area contributed by atoms with E-state index in [1.54, 1.807) is 6.07 Å². The lowest BCUT2D eigenvalue weighted by molar-refractivity contribution is 0.306. The predicted octanol–water partition coefficient (Wildman–Crippen LogP) is 1.08. The SMILES string of the molecule is OB(O)c1cc(COc2ccccc2)ccc1F. The van der Waals surface area contributed by atoms with Crippen LogP contribution in [0.5, 0.6) is 5.75 Å².